The highest BCUT2D eigenvalue weighted by Crippen LogP contribution is 2.74. The molecule has 4 atom stereocenters. The highest BCUT2D eigenvalue weighted by atomic mass is 14.7. The molecule has 0 N–H and O–H groups in total. The standard InChI is InChI=1S/C14H20/c1-8-9(2)11-4-13-5-12-3-10(8)6-14(12,13)7-11/h10-13H,3-7H2,1-2H3. The number of hydrogen-bond donors (Lipinski definition) is 0. The predicted molar refractivity (Wildman–Crippen MR) is 57.9 cm³/mol. The van der Waals surface area contributed by atoms with Crippen LogP contribution in [0.1, 0.15) is 46.0 Å². The quantitative estimate of drug-likeness (QED) is 0.507. The first-order chi connectivity index (χ1) is 6.71. The second-order valence-corrected chi connectivity index (χ2v) is 6.50. The van der Waals surface area contributed by atoms with Crippen molar-refractivity contribution in [2.45, 2.75) is 46.0 Å². The Balaban J connectivity index is 1.90. The van der Waals surface area contributed by atoms with Crippen LogP contribution in [0.15, 0.2) is 11.1 Å². The van der Waals surface area contributed by atoms with Gasteiger partial charge in [-0.25, -0.2) is 0 Å². The third-order valence-corrected chi connectivity index (χ3v) is 6.43. The fourth-order valence-electron chi connectivity index (χ4n) is 5.47. The molecule has 4 rings (SSSR count). The predicted octanol–water partition coefficient (Wildman–Crippen LogP) is 3.78. The lowest BCUT2D eigenvalue weighted by atomic mass is 9.56. The molecule has 14 heavy (non-hydrogen) atoms. The summed E-state index contributed by atoms with van der Waals surface area (Å²) in [5.74, 6) is 4.28. The van der Waals surface area contributed by atoms with Gasteiger partial charge >= 0.3 is 0 Å². The molecule has 0 radical (unpaired) electrons. The number of fused-ring (bicyclic) bond motifs is 2. The van der Waals surface area contributed by atoms with E-state index >= 15 is 0 Å². The van der Waals surface area contributed by atoms with Crippen molar-refractivity contribution in [2.24, 2.45) is 29.1 Å². The molecule has 3 bridgehead atoms. The summed E-state index contributed by atoms with van der Waals surface area (Å²) in [7, 11) is 0. The summed E-state index contributed by atoms with van der Waals surface area (Å²) in [6.45, 7) is 4.86. The van der Waals surface area contributed by atoms with Crippen LogP contribution in [0.25, 0.3) is 0 Å². The Morgan fingerprint density at radius 3 is 1.86 bits per heavy atom. The summed E-state index contributed by atoms with van der Waals surface area (Å²) in [5.41, 5.74) is 4.45. The van der Waals surface area contributed by atoms with Crippen LogP contribution in [-0.4, -0.2) is 0 Å². The average molecular weight is 188 g/mol. The highest BCUT2D eigenvalue weighted by Gasteiger charge is 2.64. The molecule has 1 spiro atoms. The lowest BCUT2D eigenvalue weighted by Crippen LogP contribution is -2.41. The maximum Gasteiger partial charge on any atom is -0.0195 e. The van der Waals surface area contributed by atoms with Crippen molar-refractivity contribution in [2.75, 3.05) is 0 Å². The van der Waals surface area contributed by atoms with Gasteiger partial charge in [-0.15, -0.1) is 0 Å². The molecular weight excluding hydrogens is 168 g/mol. The van der Waals surface area contributed by atoms with Gasteiger partial charge in [-0.1, -0.05) is 11.1 Å². The summed E-state index contributed by atoms with van der Waals surface area (Å²) in [6, 6.07) is 0. The molecule has 0 nitrogen and oxygen atoms in total. The van der Waals surface area contributed by atoms with Gasteiger partial charge in [0.15, 0.2) is 0 Å². The Bertz CT molecular complexity index is 304. The molecule has 0 heteroatoms. The summed E-state index contributed by atoms with van der Waals surface area (Å²) in [5, 5.41) is 0. The Hall–Kier alpha value is -0.260. The molecule has 0 aromatic heterocycles. The van der Waals surface area contributed by atoms with E-state index in [-0.39, 0.29) is 0 Å². The third-order valence-electron chi connectivity index (χ3n) is 6.43. The van der Waals surface area contributed by atoms with Crippen LogP contribution >= 0.6 is 0 Å². The fourth-order valence-corrected chi connectivity index (χ4v) is 5.47. The maximum absolute atomic E-state index is 2.43. The van der Waals surface area contributed by atoms with E-state index in [2.05, 4.69) is 13.8 Å². The third kappa shape index (κ3) is 0.647. The first-order valence-corrected chi connectivity index (χ1v) is 6.38. The summed E-state index contributed by atoms with van der Waals surface area (Å²) in [4.78, 5) is 0. The van der Waals surface area contributed by atoms with E-state index in [0.29, 0.717) is 0 Å². The van der Waals surface area contributed by atoms with Crippen LogP contribution in [0.2, 0.25) is 0 Å². The number of allylic oxidation sites excluding steroid dienone is 2. The van der Waals surface area contributed by atoms with Crippen molar-refractivity contribution in [3.63, 3.8) is 0 Å². The van der Waals surface area contributed by atoms with Crippen LogP contribution in [0, 0.1) is 29.1 Å². The molecule has 76 valence electrons. The van der Waals surface area contributed by atoms with E-state index in [1.54, 1.807) is 43.3 Å². The van der Waals surface area contributed by atoms with Gasteiger partial charge < -0.3 is 0 Å². The van der Waals surface area contributed by atoms with Crippen molar-refractivity contribution >= 4 is 0 Å². The Labute approximate surface area is 86.8 Å². The van der Waals surface area contributed by atoms with Gasteiger partial charge in [0.1, 0.15) is 0 Å². The van der Waals surface area contributed by atoms with Crippen molar-refractivity contribution in [1.82, 2.24) is 0 Å². The van der Waals surface area contributed by atoms with Gasteiger partial charge in [-0.05, 0) is 75.0 Å². The smallest absolute Gasteiger partial charge is 0.0195 e. The average Bonchev–Trinajstić information content (AvgIpc) is 2.60. The van der Waals surface area contributed by atoms with Gasteiger partial charge in [-0.2, -0.15) is 0 Å². The van der Waals surface area contributed by atoms with E-state index < -0.39 is 0 Å². The van der Waals surface area contributed by atoms with Gasteiger partial charge in [0, 0.05) is 0 Å². The van der Waals surface area contributed by atoms with Gasteiger partial charge in [-0.3, -0.25) is 0 Å². The van der Waals surface area contributed by atoms with Crippen LogP contribution in [0.5, 0.6) is 0 Å². The first-order valence-electron chi connectivity index (χ1n) is 6.38. The van der Waals surface area contributed by atoms with Crippen molar-refractivity contribution in [1.29, 1.82) is 0 Å². The minimum Gasteiger partial charge on any atom is -0.0710 e. The minimum absolute atomic E-state index is 0.869. The molecule has 4 aliphatic carbocycles. The number of rotatable bonds is 0. The first kappa shape index (κ1) is 7.96. The SMILES string of the molecule is CC1=C(C)C2CC3CC4CC1CC43C2. The van der Waals surface area contributed by atoms with Crippen molar-refractivity contribution in [3.05, 3.63) is 11.1 Å². The van der Waals surface area contributed by atoms with E-state index in [4.69, 9.17) is 0 Å². The van der Waals surface area contributed by atoms with Gasteiger partial charge in [0.25, 0.3) is 0 Å². The zero-order valence-electron chi connectivity index (χ0n) is 9.34. The van der Waals surface area contributed by atoms with Gasteiger partial charge in [0.05, 0.1) is 0 Å². The molecule has 0 aliphatic heterocycles. The van der Waals surface area contributed by atoms with E-state index in [1.807, 2.05) is 0 Å². The fraction of sp³-hybridized carbons (Fsp3) is 0.857. The summed E-state index contributed by atoms with van der Waals surface area (Å²) < 4.78 is 0. The molecule has 0 amide bonds. The zero-order chi connectivity index (χ0) is 9.50. The van der Waals surface area contributed by atoms with Crippen molar-refractivity contribution < 1.29 is 0 Å². The molecule has 3 saturated carbocycles. The summed E-state index contributed by atoms with van der Waals surface area (Å²) in [6.07, 6.45) is 7.83. The monoisotopic (exact) mass is 188 g/mol. The molecule has 0 aromatic rings. The molecular formula is C14H20. The molecule has 4 aliphatic rings. The second-order valence-electron chi connectivity index (χ2n) is 6.50. The van der Waals surface area contributed by atoms with Crippen LogP contribution in [0.4, 0.5) is 0 Å². The zero-order valence-corrected chi connectivity index (χ0v) is 9.34. The van der Waals surface area contributed by atoms with Crippen LogP contribution in [0.3, 0.4) is 0 Å². The van der Waals surface area contributed by atoms with E-state index in [1.165, 1.54) is 0 Å². The number of hydrogen-bond acceptors (Lipinski definition) is 0. The topological polar surface area (TPSA) is 0 Å². The van der Waals surface area contributed by atoms with Gasteiger partial charge in [0.2, 0.25) is 0 Å². The molecule has 3 fully saturated rings. The molecule has 0 aromatic carbocycles. The minimum atomic E-state index is 0.869. The lowest BCUT2D eigenvalue weighted by molar-refractivity contribution is 0.00287. The lowest BCUT2D eigenvalue weighted by Gasteiger charge is -2.48. The van der Waals surface area contributed by atoms with Crippen molar-refractivity contribution in [3.8, 4) is 0 Å². The Kier molecular flexibility index (Phi) is 1.21. The summed E-state index contributed by atoms with van der Waals surface area (Å²) >= 11 is 0. The highest BCUT2D eigenvalue weighted by molar-refractivity contribution is 5.29. The largest absolute Gasteiger partial charge is 0.0710 e. The Morgan fingerprint density at radius 2 is 1.36 bits per heavy atom. The maximum atomic E-state index is 2.43. The molecule has 0 heterocycles. The Morgan fingerprint density at radius 1 is 0.857 bits per heavy atom. The van der Waals surface area contributed by atoms with E-state index in [9.17, 15) is 0 Å². The molecule has 4 unspecified atom stereocenters. The normalized spacial score (nSPS) is 58.7. The second kappa shape index (κ2) is 2.13. The molecule has 0 saturated heterocycles. The van der Waals surface area contributed by atoms with Crippen LogP contribution in [-0.2, 0) is 0 Å². The van der Waals surface area contributed by atoms with E-state index in [0.717, 1.165) is 29.1 Å². The van der Waals surface area contributed by atoms with Crippen LogP contribution < -0.4 is 0 Å².